The fraction of sp³-hybridized carbons (Fsp3) is 0.556. The second-order valence-electron chi connectivity index (χ2n) is 3.05. The summed E-state index contributed by atoms with van der Waals surface area (Å²) in [6, 6.07) is 2.02. The van der Waals surface area contributed by atoms with E-state index in [4.69, 9.17) is 28.0 Å². The normalized spacial score (nSPS) is 17.7. The third-order valence-electron chi connectivity index (χ3n) is 2.17. The van der Waals surface area contributed by atoms with Gasteiger partial charge in [0.05, 0.1) is 13.2 Å². The Labute approximate surface area is 94.5 Å². The predicted octanol–water partition coefficient (Wildman–Crippen LogP) is -0.441. The highest BCUT2D eigenvalue weighted by atomic mass is 32.1. The number of morpholine rings is 1. The number of likely N-dealkylation sites (N-methyl/N-ethyl adjacent to an activating group) is 1. The molecule has 82 valence electrons. The lowest BCUT2D eigenvalue weighted by molar-refractivity contribution is 0.0528. The third kappa shape index (κ3) is 2.81. The molecule has 0 aromatic rings. The van der Waals surface area contributed by atoms with Gasteiger partial charge in [0.1, 0.15) is 22.5 Å². The monoisotopic (exact) mass is 226 g/mol. The average molecular weight is 226 g/mol. The number of rotatable bonds is 2. The van der Waals surface area contributed by atoms with Gasteiger partial charge in [0.15, 0.2) is 0 Å². The summed E-state index contributed by atoms with van der Waals surface area (Å²) in [5.41, 5.74) is 6.21. The van der Waals surface area contributed by atoms with Gasteiger partial charge in [0.25, 0.3) is 0 Å². The minimum atomic E-state index is 0.328. The van der Waals surface area contributed by atoms with Crippen LogP contribution in [0.2, 0.25) is 0 Å². The Balaban J connectivity index is 2.84. The van der Waals surface area contributed by atoms with Gasteiger partial charge in [-0.25, -0.2) is 0 Å². The van der Waals surface area contributed by atoms with Gasteiger partial charge in [-0.3, -0.25) is 0 Å². The van der Waals surface area contributed by atoms with Crippen molar-refractivity contribution in [2.24, 2.45) is 5.73 Å². The molecular weight excluding hydrogens is 212 g/mol. The molecule has 1 fully saturated rings. The molecule has 6 heteroatoms. The molecule has 1 rings (SSSR count). The van der Waals surface area contributed by atoms with E-state index in [9.17, 15) is 0 Å². The zero-order valence-electron chi connectivity index (χ0n) is 8.62. The van der Waals surface area contributed by atoms with Gasteiger partial charge in [0.2, 0.25) is 0 Å². The van der Waals surface area contributed by atoms with Crippen molar-refractivity contribution in [3.63, 3.8) is 0 Å². The number of nitrogens with zero attached hydrogens (tertiary/aromatic N) is 2. The Morgan fingerprint density at radius 2 is 2.13 bits per heavy atom. The lowest BCUT2D eigenvalue weighted by atomic mass is 10.2. The maximum atomic E-state index is 8.96. The van der Waals surface area contributed by atoms with Crippen molar-refractivity contribution < 1.29 is 4.74 Å². The van der Waals surface area contributed by atoms with Crippen LogP contribution in [0.4, 0.5) is 0 Å². The Bertz CT molecular complexity index is 315. The largest absolute Gasteiger partial charge is 0.384 e. The van der Waals surface area contributed by atoms with Gasteiger partial charge in [-0.2, -0.15) is 5.26 Å². The van der Waals surface area contributed by atoms with E-state index in [1.54, 1.807) is 7.05 Å². The number of hydrogen-bond donors (Lipinski definition) is 2. The first kappa shape index (κ1) is 11.8. The minimum Gasteiger partial charge on any atom is -0.384 e. The molecule has 15 heavy (non-hydrogen) atoms. The van der Waals surface area contributed by atoms with Crippen LogP contribution in [-0.2, 0) is 4.74 Å². The molecule has 0 aliphatic carbocycles. The summed E-state index contributed by atoms with van der Waals surface area (Å²) in [4.78, 5) is 2.28. The molecule has 0 unspecified atom stereocenters. The van der Waals surface area contributed by atoms with Crippen LogP contribution in [0.25, 0.3) is 0 Å². The first-order chi connectivity index (χ1) is 7.20. The Morgan fingerprint density at radius 1 is 1.53 bits per heavy atom. The third-order valence-corrected chi connectivity index (χ3v) is 2.58. The number of nitrogens with one attached hydrogen (secondary N) is 1. The number of nitriles is 1. The fourth-order valence-corrected chi connectivity index (χ4v) is 1.46. The Kier molecular flexibility index (Phi) is 4.34. The van der Waals surface area contributed by atoms with Gasteiger partial charge in [-0.05, 0) is 0 Å². The van der Waals surface area contributed by atoms with Crippen LogP contribution in [0.5, 0.6) is 0 Å². The minimum absolute atomic E-state index is 0.328. The first-order valence-corrected chi connectivity index (χ1v) is 5.06. The highest BCUT2D eigenvalue weighted by Crippen LogP contribution is 2.08. The maximum absolute atomic E-state index is 8.96. The summed E-state index contributed by atoms with van der Waals surface area (Å²) in [5.74, 6) is 0.431. The summed E-state index contributed by atoms with van der Waals surface area (Å²) < 4.78 is 5.20. The molecule has 1 aliphatic rings. The van der Waals surface area contributed by atoms with Crippen LogP contribution in [-0.4, -0.2) is 43.2 Å². The van der Waals surface area contributed by atoms with Crippen molar-refractivity contribution in [3.05, 3.63) is 11.4 Å². The number of ether oxygens (including phenoxy) is 1. The fourth-order valence-electron chi connectivity index (χ4n) is 1.31. The molecule has 0 radical (unpaired) electrons. The van der Waals surface area contributed by atoms with Gasteiger partial charge < -0.3 is 20.7 Å². The maximum Gasteiger partial charge on any atom is 0.126 e. The second kappa shape index (κ2) is 5.53. The highest BCUT2D eigenvalue weighted by molar-refractivity contribution is 7.80. The van der Waals surface area contributed by atoms with Crippen LogP contribution >= 0.6 is 12.2 Å². The topological polar surface area (TPSA) is 74.3 Å². The molecule has 5 nitrogen and oxygen atoms in total. The van der Waals surface area contributed by atoms with Crippen molar-refractivity contribution in [2.75, 3.05) is 33.4 Å². The second-order valence-corrected chi connectivity index (χ2v) is 3.46. The van der Waals surface area contributed by atoms with E-state index in [1.807, 2.05) is 11.0 Å². The molecular formula is C9H14N4OS. The van der Waals surface area contributed by atoms with Gasteiger partial charge in [-0.15, -0.1) is 0 Å². The lowest BCUT2D eigenvalue weighted by Gasteiger charge is -2.29. The predicted molar refractivity (Wildman–Crippen MR) is 60.9 cm³/mol. The number of nitrogens with two attached hydrogens (primary N) is 1. The van der Waals surface area contributed by atoms with Gasteiger partial charge in [-0.1, -0.05) is 12.2 Å². The summed E-state index contributed by atoms with van der Waals surface area (Å²) in [5, 5.41) is 11.7. The van der Waals surface area contributed by atoms with Gasteiger partial charge in [0, 0.05) is 20.1 Å². The zero-order valence-corrected chi connectivity index (χ0v) is 9.43. The van der Waals surface area contributed by atoms with E-state index < -0.39 is 0 Å². The highest BCUT2D eigenvalue weighted by Gasteiger charge is 2.16. The quantitative estimate of drug-likeness (QED) is 0.378. The van der Waals surface area contributed by atoms with Crippen LogP contribution in [0, 0.1) is 11.3 Å². The molecule has 1 aliphatic heterocycles. The van der Waals surface area contributed by atoms with E-state index in [1.165, 1.54) is 0 Å². The summed E-state index contributed by atoms with van der Waals surface area (Å²) >= 11 is 4.99. The standard InChI is InChI=1S/C9H14N4OS/c1-12-9(15)7(6-10)8(11)13-2-4-14-5-3-13/h2-5,11H2,1H3,(H,12,15). The number of thiocarbonyl (C=S) groups is 1. The van der Waals surface area contributed by atoms with E-state index in [-0.39, 0.29) is 0 Å². The van der Waals surface area contributed by atoms with Crippen LogP contribution in [0.15, 0.2) is 11.4 Å². The average Bonchev–Trinajstić information content (AvgIpc) is 2.30. The SMILES string of the molecule is CNC(=S)C(C#N)=C(N)N1CCOCC1. The van der Waals surface area contributed by atoms with E-state index in [0.717, 1.165) is 0 Å². The Hall–Kier alpha value is -1.32. The van der Waals surface area contributed by atoms with E-state index in [0.29, 0.717) is 42.7 Å². The van der Waals surface area contributed by atoms with Crippen LogP contribution < -0.4 is 11.1 Å². The van der Waals surface area contributed by atoms with Gasteiger partial charge >= 0.3 is 0 Å². The molecule has 0 atom stereocenters. The van der Waals surface area contributed by atoms with Crippen molar-refractivity contribution in [1.29, 1.82) is 5.26 Å². The van der Waals surface area contributed by atoms with Crippen LogP contribution in [0.1, 0.15) is 0 Å². The van der Waals surface area contributed by atoms with E-state index in [2.05, 4.69) is 5.32 Å². The Morgan fingerprint density at radius 3 is 2.60 bits per heavy atom. The smallest absolute Gasteiger partial charge is 0.126 e. The molecule has 0 aromatic carbocycles. The van der Waals surface area contributed by atoms with Crippen molar-refractivity contribution in [3.8, 4) is 6.07 Å². The van der Waals surface area contributed by atoms with Crippen molar-refractivity contribution in [1.82, 2.24) is 10.2 Å². The molecule has 0 aromatic heterocycles. The molecule has 3 N–H and O–H groups in total. The molecule has 0 bridgehead atoms. The van der Waals surface area contributed by atoms with Crippen LogP contribution in [0.3, 0.4) is 0 Å². The molecule has 1 heterocycles. The molecule has 0 saturated carbocycles. The summed E-state index contributed by atoms with van der Waals surface area (Å²) in [7, 11) is 1.67. The first-order valence-electron chi connectivity index (χ1n) is 4.65. The molecule has 0 amide bonds. The lowest BCUT2D eigenvalue weighted by Crippen LogP contribution is -2.40. The summed E-state index contributed by atoms with van der Waals surface area (Å²) in [6.45, 7) is 2.66. The van der Waals surface area contributed by atoms with E-state index >= 15 is 0 Å². The zero-order chi connectivity index (χ0) is 11.3. The molecule has 1 saturated heterocycles. The van der Waals surface area contributed by atoms with Crippen molar-refractivity contribution in [2.45, 2.75) is 0 Å². The molecule has 0 spiro atoms. The summed E-state index contributed by atoms with van der Waals surface area (Å²) in [6.07, 6.45) is 0. The van der Waals surface area contributed by atoms with Crippen molar-refractivity contribution >= 4 is 17.2 Å². The number of hydrogen-bond acceptors (Lipinski definition) is 5.